The van der Waals surface area contributed by atoms with Crippen LogP contribution in [0.25, 0.3) is 21.7 Å². The van der Waals surface area contributed by atoms with Crippen LogP contribution in [0.15, 0.2) is 33.5 Å². The molecule has 0 saturated heterocycles. The topological polar surface area (TPSA) is 100 Å². The number of hydrogen-bond acceptors (Lipinski definition) is 6. The molecule has 0 saturated carbocycles. The zero-order chi connectivity index (χ0) is 15.1. The summed E-state index contributed by atoms with van der Waals surface area (Å²) in [6.45, 7) is -0.355. The molecule has 21 heavy (non-hydrogen) atoms. The molecule has 0 bridgehead atoms. The molecule has 1 heterocycles. The Morgan fingerprint density at radius 1 is 1.14 bits per heavy atom. The van der Waals surface area contributed by atoms with E-state index in [1.807, 2.05) is 0 Å². The average Bonchev–Trinajstić information content (AvgIpc) is 2.45. The number of hydrogen-bond donors (Lipinski definition) is 3. The van der Waals surface area contributed by atoms with E-state index in [2.05, 4.69) is 0 Å². The Labute approximate surface area is 118 Å². The van der Waals surface area contributed by atoms with Crippen molar-refractivity contribution >= 4 is 21.7 Å². The molecule has 0 atom stereocenters. The maximum absolute atomic E-state index is 12.0. The molecule has 3 N–H and O–H groups in total. The average molecular weight is 288 g/mol. The lowest BCUT2D eigenvalue weighted by Crippen LogP contribution is -2.02. The molecule has 0 fully saturated rings. The van der Waals surface area contributed by atoms with E-state index < -0.39 is 5.63 Å². The SMILES string of the molecule is COc1cc(O)c2c(=O)oc3cc(O)cc(CO)c3c2c1. The molecule has 0 radical (unpaired) electrons. The van der Waals surface area contributed by atoms with Crippen LogP contribution in [0.1, 0.15) is 5.56 Å². The number of methoxy groups -OCH3 is 1. The maximum atomic E-state index is 12.0. The van der Waals surface area contributed by atoms with Crippen LogP contribution in [0.4, 0.5) is 0 Å². The van der Waals surface area contributed by atoms with Gasteiger partial charge in [0.15, 0.2) is 0 Å². The van der Waals surface area contributed by atoms with Crippen LogP contribution in [-0.4, -0.2) is 22.4 Å². The van der Waals surface area contributed by atoms with Gasteiger partial charge in [-0.25, -0.2) is 4.79 Å². The highest BCUT2D eigenvalue weighted by molar-refractivity contribution is 6.08. The van der Waals surface area contributed by atoms with Crippen molar-refractivity contribution in [3.63, 3.8) is 0 Å². The summed E-state index contributed by atoms with van der Waals surface area (Å²) < 4.78 is 10.2. The second-order valence-corrected chi connectivity index (χ2v) is 4.59. The minimum atomic E-state index is -0.729. The van der Waals surface area contributed by atoms with Crippen molar-refractivity contribution in [3.8, 4) is 17.2 Å². The molecule has 3 rings (SSSR count). The number of aliphatic hydroxyl groups excluding tert-OH is 1. The fourth-order valence-electron chi connectivity index (χ4n) is 2.45. The number of ether oxygens (including phenoxy) is 1. The Balaban J connectivity index is 2.63. The van der Waals surface area contributed by atoms with Crippen LogP contribution in [-0.2, 0) is 6.61 Å². The standard InChI is InChI=1S/C15H12O6/c1-20-9-4-10-13-7(6-16)2-8(17)3-12(13)21-15(19)14(10)11(18)5-9/h2-5,16-18H,6H2,1H3. The van der Waals surface area contributed by atoms with E-state index in [4.69, 9.17) is 9.15 Å². The van der Waals surface area contributed by atoms with Gasteiger partial charge in [0.05, 0.1) is 13.7 Å². The second kappa shape index (κ2) is 4.68. The van der Waals surface area contributed by atoms with Gasteiger partial charge in [-0.05, 0) is 17.7 Å². The molecule has 3 aromatic rings. The summed E-state index contributed by atoms with van der Waals surface area (Å²) in [6, 6.07) is 5.54. The smallest absolute Gasteiger partial charge is 0.347 e. The van der Waals surface area contributed by atoms with Crippen LogP contribution in [0.5, 0.6) is 17.2 Å². The Kier molecular flexibility index (Phi) is 2.95. The number of aromatic hydroxyl groups is 2. The van der Waals surface area contributed by atoms with E-state index in [9.17, 15) is 20.1 Å². The Hall–Kier alpha value is -2.73. The van der Waals surface area contributed by atoms with Gasteiger partial charge in [-0.15, -0.1) is 0 Å². The number of benzene rings is 2. The third-order valence-electron chi connectivity index (χ3n) is 3.34. The molecule has 1 aromatic heterocycles. The zero-order valence-corrected chi connectivity index (χ0v) is 11.1. The van der Waals surface area contributed by atoms with E-state index in [-0.39, 0.29) is 29.1 Å². The van der Waals surface area contributed by atoms with Crippen molar-refractivity contribution in [2.75, 3.05) is 7.11 Å². The molecule has 2 aromatic carbocycles. The normalized spacial score (nSPS) is 11.1. The number of aliphatic hydroxyl groups is 1. The van der Waals surface area contributed by atoms with Gasteiger partial charge in [0.25, 0.3) is 0 Å². The molecule has 0 spiro atoms. The van der Waals surface area contributed by atoms with Gasteiger partial charge in [0.2, 0.25) is 0 Å². The lowest BCUT2D eigenvalue weighted by molar-refractivity contribution is 0.282. The Morgan fingerprint density at radius 2 is 1.90 bits per heavy atom. The third-order valence-corrected chi connectivity index (χ3v) is 3.34. The minimum Gasteiger partial charge on any atom is -0.508 e. The van der Waals surface area contributed by atoms with Crippen molar-refractivity contribution in [3.05, 3.63) is 40.2 Å². The lowest BCUT2D eigenvalue weighted by atomic mass is 10.0. The number of rotatable bonds is 2. The summed E-state index contributed by atoms with van der Waals surface area (Å²) >= 11 is 0. The van der Waals surface area contributed by atoms with Gasteiger partial charge in [-0.3, -0.25) is 0 Å². The molecule has 6 nitrogen and oxygen atoms in total. The summed E-state index contributed by atoms with van der Waals surface area (Å²) in [5.41, 5.74) is -0.220. The van der Waals surface area contributed by atoms with Crippen LogP contribution < -0.4 is 10.4 Å². The lowest BCUT2D eigenvalue weighted by Gasteiger charge is -2.10. The largest absolute Gasteiger partial charge is 0.508 e. The number of fused-ring (bicyclic) bond motifs is 3. The monoisotopic (exact) mass is 288 g/mol. The molecule has 0 aliphatic heterocycles. The first kappa shape index (κ1) is 13.3. The molecule has 0 aliphatic rings. The van der Waals surface area contributed by atoms with Crippen molar-refractivity contribution in [1.29, 1.82) is 0 Å². The highest BCUT2D eigenvalue weighted by atomic mass is 16.5. The summed E-state index contributed by atoms with van der Waals surface area (Å²) in [6.07, 6.45) is 0. The van der Waals surface area contributed by atoms with Crippen LogP contribution in [0, 0.1) is 0 Å². The number of phenols is 2. The van der Waals surface area contributed by atoms with E-state index in [0.717, 1.165) is 0 Å². The van der Waals surface area contributed by atoms with E-state index in [1.54, 1.807) is 6.07 Å². The molecular weight excluding hydrogens is 276 g/mol. The molecule has 6 heteroatoms. The van der Waals surface area contributed by atoms with Crippen LogP contribution >= 0.6 is 0 Å². The van der Waals surface area contributed by atoms with Gasteiger partial charge >= 0.3 is 5.63 Å². The van der Waals surface area contributed by atoms with Crippen LogP contribution in [0.2, 0.25) is 0 Å². The van der Waals surface area contributed by atoms with Crippen molar-refractivity contribution in [2.45, 2.75) is 6.61 Å². The predicted octanol–water partition coefficient (Wildman–Crippen LogP) is 1.86. The van der Waals surface area contributed by atoms with Crippen molar-refractivity contribution in [1.82, 2.24) is 0 Å². The van der Waals surface area contributed by atoms with Crippen LogP contribution in [0.3, 0.4) is 0 Å². The molecule has 108 valence electrons. The first-order chi connectivity index (χ1) is 10.0. The second-order valence-electron chi connectivity index (χ2n) is 4.59. The van der Waals surface area contributed by atoms with E-state index >= 15 is 0 Å². The van der Waals surface area contributed by atoms with E-state index in [0.29, 0.717) is 22.1 Å². The quantitative estimate of drug-likeness (QED) is 0.491. The van der Waals surface area contributed by atoms with E-state index in [1.165, 1.54) is 25.3 Å². The van der Waals surface area contributed by atoms with Gasteiger partial charge in [0, 0.05) is 22.9 Å². The predicted molar refractivity (Wildman–Crippen MR) is 75.8 cm³/mol. The zero-order valence-electron chi connectivity index (χ0n) is 11.1. The van der Waals surface area contributed by atoms with Gasteiger partial charge < -0.3 is 24.5 Å². The molecule has 0 aliphatic carbocycles. The first-order valence-electron chi connectivity index (χ1n) is 6.15. The number of phenolic OH excluding ortho intramolecular Hbond substituents is 2. The van der Waals surface area contributed by atoms with Gasteiger partial charge in [-0.1, -0.05) is 0 Å². The summed E-state index contributed by atoms with van der Waals surface area (Å²) in [5, 5.41) is 29.9. The summed E-state index contributed by atoms with van der Waals surface area (Å²) in [7, 11) is 1.44. The minimum absolute atomic E-state index is 0.00342. The van der Waals surface area contributed by atoms with Crippen molar-refractivity contribution < 1.29 is 24.5 Å². The fraction of sp³-hybridized carbons (Fsp3) is 0.133. The first-order valence-corrected chi connectivity index (χ1v) is 6.15. The Bertz CT molecular complexity index is 910. The van der Waals surface area contributed by atoms with Gasteiger partial charge in [-0.2, -0.15) is 0 Å². The highest BCUT2D eigenvalue weighted by Crippen LogP contribution is 2.35. The maximum Gasteiger partial charge on any atom is 0.347 e. The fourth-order valence-corrected chi connectivity index (χ4v) is 2.45. The molecule has 0 amide bonds. The molecular formula is C15H12O6. The highest BCUT2D eigenvalue weighted by Gasteiger charge is 2.16. The van der Waals surface area contributed by atoms with Gasteiger partial charge in [0.1, 0.15) is 28.2 Å². The summed E-state index contributed by atoms with van der Waals surface area (Å²) in [5.74, 6) is -0.0259. The van der Waals surface area contributed by atoms with Crippen molar-refractivity contribution in [2.24, 2.45) is 0 Å². The third kappa shape index (κ3) is 1.96. The summed E-state index contributed by atoms with van der Waals surface area (Å²) in [4.78, 5) is 12.0. The Morgan fingerprint density at radius 3 is 2.57 bits per heavy atom. The molecule has 0 unspecified atom stereocenters.